The third-order valence-electron chi connectivity index (χ3n) is 3.95. The standard InChI is InChI=1S/C13H24N2O3S/c1-13(2,15-5-8-19(17)9-6-15)10-14-12(16)11-4-3-7-18-11/h11H,3-10H2,1-2H3,(H,14,16). The highest BCUT2D eigenvalue weighted by Crippen LogP contribution is 2.17. The zero-order valence-corrected chi connectivity index (χ0v) is 12.6. The van der Waals surface area contributed by atoms with Crippen LogP contribution in [0.15, 0.2) is 0 Å². The van der Waals surface area contributed by atoms with Gasteiger partial charge in [-0.1, -0.05) is 0 Å². The molecule has 6 heteroatoms. The summed E-state index contributed by atoms with van der Waals surface area (Å²) in [5.74, 6) is 1.48. The molecule has 1 unspecified atom stereocenters. The molecule has 0 aromatic heterocycles. The van der Waals surface area contributed by atoms with Gasteiger partial charge in [-0.25, -0.2) is 0 Å². The van der Waals surface area contributed by atoms with Crippen LogP contribution in [0, 0.1) is 0 Å². The maximum Gasteiger partial charge on any atom is 0.249 e. The number of carbonyl (C=O) groups excluding carboxylic acids is 1. The largest absolute Gasteiger partial charge is 0.368 e. The molecular formula is C13H24N2O3S. The van der Waals surface area contributed by atoms with Crippen molar-refractivity contribution in [3.05, 3.63) is 0 Å². The van der Waals surface area contributed by atoms with Crippen molar-refractivity contribution in [2.24, 2.45) is 0 Å². The molecule has 19 heavy (non-hydrogen) atoms. The molecule has 2 heterocycles. The fraction of sp³-hybridized carbons (Fsp3) is 0.923. The zero-order chi connectivity index (χ0) is 13.9. The molecule has 2 aliphatic heterocycles. The smallest absolute Gasteiger partial charge is 0.249 e. The van der Waals surface area contributed by atoms with Gasteiger partial charge in [-0.15, -0.1) is 0 Å². The van der Waals surface area contributed by atoms with E-state index >= 15 is 0 Å². The quantitative estimate of drug-likeness (QED) is 0.798. The SMILES string of the molecule is CC(C)(CNC(=O)C1CCCO1)N1CCS(=O)CC1. The summed E-state index contributed by atoms with van der Waals surface area (Å²) < 4.78 is 16.7. The van der Waals surface area contributed by atoms with Crippen LogP contribution in [0.5, 0.6) is 0 Å². The molecular weight excluding hydrogens is 264 g/mol. The highest BCUT2D eigenvalue weighted by atomic mass is 32.2. The van der Waals surface area contributed by atoms with Crippen molar-refractivity contribution in [3.8, 4) is 0 Å². The van der Waals surface area contributed by atoms with Crippen LogP contribution in [0.25, 0.3) is 0 Å². The minimum atomic E-state index is -0.659. The van der Waals surface area contributed by atoms with E-state index in [-0.39, 0.29) is 17.6 Å². The van der Waals surface area contributed by atoms with Crippen LogP contribution >= 0.6 is 0 Å². The van der Waals surface area contributed by atoms with Gasteiger partial charge < -0.3 is 10.1 Å². The second kappa shape index (κ2) is 6.33. The van der Waals surface area contributed by atoms with Gasteiger partial charge in [-0.3, -0.25) is 13.9 Å². The average Bonchev–Trinajstić information content (AvgIpc) is 2.90. The summed E-state index contributed by atoms with van der Waals surface area (Å²) in [7, 11) is -0.659. The summed E-state index contributed by atoms with van der Waals surface area (Å²) in [6, 6.07) is 0. The fourth-order valence-electron chi connectivity index (χ4n) is 2.56. The van der Waals surface area contributed by atoms with E-state index in [4.69, 9.17) is 4.74 Å². The maximum atomic E-state index is 11.9. The van der Waals surface area contributed by atoms with Crippen LogP contribution in [0.1, 0.15) is 26.7 Å². The molecule has 0 aliphatic carbocycles. The van der Waals surface area contributed by atoms with Gasteiger partial charge in [-0.05, 0) is 26.7 Å². The van der Waals surface area contributed by atoms with Crippen LogP contribution in [-0.4, -0.2) is 64.4 Å². The van der Waals surface area contributed by atoms with Gasteiger partial charge in [0, 0.05) is 54.1 Å². The van der Waals surface area contributed by atoms with E-state index in [1.165, 1.54) is 0 Å². The summed E-state index contributed by atoms with van der Waals surface area (Å²) in [4.78, 5) is 14.2. The van der Waals surface area contributed by atoms with E-state index in [9.17, 15) is 9.00 Å². The number of carbonyl (C=O) groups is 1. The van der Waals surface area contributed by atoms with Gasteiger partial charge in [0.05, 0.1) is 0 Å². The predicted molar refractivity (Wildman–Crippen MR) is 75.5 cm³/mol. The third kappa shape index (κ3) is 4.00. The van der Waals surface area contributed by atoms with Crippen molar-refractivity contribution in [3.63, 3.8) is 0 Å². The second-order valence-corrected chi connectivity index (χ2v) is 7.56. The molecule has 1 atom stereocenters. The van der Waals surface area contributed by atoms with Gasteiger partial charge in [-0.2, -0.15) is 0 Å². The molecule has 0 saturated carbocycles. The molecule has 2 rings (SSSR count). The predicted octanol–water partition coefficient (Wildman–Crippen LogP) is 0.125. The highest BCUT2D eigenvalue weighted by molar-refractivity contribution is 7.85. The topological polar surface area (TPSA) is 58.6 Å². The van der Waals surface area contributed by atoms with Crippen molar-refractivity contribution in [2.45, 2.75) is 38.3 Å². The Morgan fingerprint density at radius 1 is 1.42 bits per heavy atom. The molecule has 110 valence electrons. The molecule has 0 radical (unpaired) electrons. The van der Waals surface area contributed by atoms with Crippen LogP contribution in [0.3, 0.4) is 0 Å². The van der Waals surface area contributed by atoms with E-state index in [1.807, 2.05) is 0 Å². The van der Waals surface area contributed by atoms with E-state index in [0.717, 1.165) is 37.4 Å². The Kier molecular flexibility index (Phi) is 4.97. The number of amides is 1. The van der Waals surface area contributed by atoms with E-state index in [1.54, 1.807) is 0 Å². The Morgan fingerprint density at radius 3 is 2.68 bits per heavy atom. The molecule has 1 amide bonds. The normalized spacial score (nSPS) is 26.5. The van der Waals surface area contributed by atoms with Crippen LogP contribution in [-0.2, 0) is 20.3 Å². The maximum absolute atomic E-state index is 11.9. The number of nitrogens with zero attached hydrogens (tertiary/aromatic N) is 1. The average molecular weight is 288 g/mol. The molecule has 5 nitrogen and oxygen atoms in total. The molecule has 0 bridgehead atoms. The Bertz CT molecular complexity index is 344. The van der Waals surface area contributed by atoms with Gasteiger partial charge in [0.25, 0.3) is 0 Å². The molecule has 2 fully saturated rings. The molecule has 2 saturated heterocycles. The Morgan fingerprint density at radius 2 is 2.11 bits per heavy atom. The zero-order valence-electron chi connectivity index (χ0n) is 11.8. The number of rotatable bonds is 4. The molecule has 0 aromatic carbocycles. The monoisotopic (exact) mass is 288 g/mol. The molecule has 1 N–H and O–H groups in total. The minimum Gasteiger partial charge on any atom is -0.368 e. The summed E-state index contributed by atoms with van der Waals surface area (Å²) in [5, 5.41) is 2.99. The van der Waals surface area contributed by atoms with Crippen molar-refractivity contribution in [1.82, 2.24) is 10.2 Å². The van der Waals surface area contributed by atoms with Crippen molar-refractivity contribution >= 4 is 16.7 Å². The first kappa shape index (κ1) is 14.9. The van der Waals surface area contributed by atoms with Crippen LogP contribution < -0.4 is 5.32 Å². The molecule has 0 aromatic rings. The number of hydrogen-bond acceptors (Lipinski definition) is 4. The van der Waals surface area contributed by atoms with Gasteiger partial charge >= 0.3 is 0 Å². The first-order valence-electron chi connectivity index (χ1n) is 6.98. The Hall–Kier alpha value is -0.460. The van der Waals surface area contributed by atoms with Gasteiger partial charge in [0.15, 0.2) is 0 Å². The lowest BCUT2D eigenvalue weighted by molar-refractivity contribution is -0.130. The van der Waals surface area contributed by atoms with Crippen molar-refractivity contribution in [1.29, 1.82) is 0 Å². The summed E-state index contributed by atoms with van der Waals surface area (Å²) in [6.45, 7) is 7.23. The summed E-state index contributed by atoms with van der Waals surface area (Å²) in [5.41, 5.74) is -0.0983. The lowest BCUT2D eigenvalue weighted by atomic mass is 10.0. The summed E-state index contributed by atoms with van der Waals surface area (Å²) in [6.07, 6.45) is 1.54. The lowest BCUT2D eigenvalue weighted by Gasteiger charge is -2.40. The van der Waals surface area contributed by atoms with Crippen LogP contribution in [0.4, 0.5) is 0 Å². The van der Waals surface area contributed by atoms with E-state index in [0.29, 0.717) is 13.2 Å². The van der Waals surface area contributed by atoms with Gasteiger partial charge in [0.2, 0.25) is 5.91 Å². The van der Waals surface area contributed by atoms with E-state index < -0.39 is 10.8 Å². The van der Waals surface area contributed by atoms with E-state index in [2.05, 4.69) is 24.1 Å². The highest BCUT2D eigenvalue weighted by Gasteiger charge is 2.31. The summed E-state index contributed by atoms with van der Waals surface area (Å²) >= 11 is 0. The van der Waals surface area contributed by atoms with Crippen molar-refractivity contribution in [2.75, 3.05) is 37.7 Å². The number of nitrogens with one attached hydrogen (secondary N) is 1. The fourth-order valence-corrected chi connectivity index (χ4v) is 3.61. The first-order chi connectivity index (χ1) is 8.99. The van der Waals surface area contributed by atoms with Crippen molar-refractivity contribution < 1.29 is 13.7 Å². The first-order valence-corrected chi connectivity index (χ1v) is 8.47. The second-order valence-electron chi connectivity index (χ2n) is 5.87. The Labute approximate surface area is 117 Å². The lowest BCUT2D eigenvalue weighted by Crippen LogP contribution is -2.56. The third-order valence-corrected chi connectivity index (χ3v) is 5.23. The van der Waals surface area contributed by atoms with Crippen LogP contribution in [0.2, 0.25) is 0 Å². The minimum absolute atomic E-state index is 0.00570. The number of hydrogen-bond donors (Lipinski definition) is 1. The Balaban J connectivity index is 1.79. The molecule has 0 spiro atoms. The molecule has 2 aliphatic rings. The number of ether oxygens (including phenoxy) is 1. The van der Waals surface area contributed by atoms with Gasteiger partial charge in [0.1, 0.15) is 6.10 Å².